The summed E-state index contributed by atoms with van der Waals surface area (Å²) in [6.07, 6.45) is 0. The molecule has 7 heteroatoms. The molecule has 0 saturated carbocycles. The summed E-state index contributed by atoms with van der Waals surface area (Å²) in [6.45, 7) is 5.65. The number of hydrogen-bond acceptors (Lipinski definition) is 5. The molecule has 29 heavy (non-hydrogen) atoms. The Labute approximate surface area is 177 Å². The lowest BCUT2D eigenvalue weighted by atomic mass is 10.1. The Bertz CT molecular complexity index is 879. The fraction of sp³-hybridized carbons (Fsp3) is 0.364. The highest BCUT2D eigenvalue weighted by atomic mass is 32.1. The fourth-order valence-corrected chi connectivity index (χ4v) is 3.46. The molecule has 1 N–H and O–H groups in total. The van der Waals surface area contributed by atoms with Gasteiger partial charge < -0.3 is 24.6 Å². The van der Waals surface area contributed by atoms with Crippen molar-refractivity contribution >= 4 is 28.8 Å². The van der Waals surface area contributed by atoms with Gasteiger partial charge in [0.15, 0.2) is 18.1 Å². The Morgan fingerprint density at radius 1 is 1.10 bits per heavy atom. The summed E-state index contributed by atoms with van der Waals surface area (Å²) in [7, 11) is 3.70. The number of rotatable bonds is 6. The van der Waals surface area contributed by atoms with E-state index in [1.54, 1.807) is 13.2 Å². The number of aryl methyl sites for hydroxylation is 1. The summed E-state index contributed by atoms with van der Waals surface area (Å²) in [5.41, 5.74) is 2.69. The first-order chi connectivity index (χ1) is 14.0. The predicted octanol–water partition coefficient (Wildman–Crippen LogP) is 2.94. The number of ether oxygens (including phenoxy) is 2. The summed E-state index contributed by atoms with van der Waals surface area (Å²) in [5, 5.41) is 2.86. The number of anilines is 1. The van der Waals surface area contributed by atoms with Crippen LogP contribution in [-0.4, -0.2) is 67.6 Å². The van der Waals surface area contributed by atoms with Gasteiger partial charge in [-0.3, -0.25) is 4.79 Å². The highest BCUT2D eigenvalue weighted by Gasteiger charge is 2.19. The maximum absolute atomic E-state index is 12.2. The third-order valence-electron chi connectivity index (χ3n) is 4.98. The van der Waals surface area contributed by atoms with Gasteiger partial charge in [0.05, 0.1) is 7.11 Å². The molecule has 6 nitrogen and oxygen atoms in total. The van der Waals surface area contributed by atoms with Crippen molar-refractivity contribution < 1.29 is 14.3 Å². The standard InChI is InChI=1S/C22H27N3O3S/c1-16-6-4-5-7-18(16)23-21(26)15-28-19-9-8-17(14-20(19)27-3)22(29)25-12-10-24(2)11-13-25/h4-9,14H,10-13,15H2,1-3H3,(H,23,26). The minimum Gasteiger partial charge on any atom is -0.493 e. The van der Waals surface area contributed by atoms with Crippen LogP contribution in [0.2, 0.25) is 0 Å². The van der Waals surface area contributed by atoms with E-state index in [2.05, 4.69) is 22.2 Å². The highest BCUT2D eigenvalue weighted by Crippen LogP contribution is 2.29. The van der Waals surface area contributed by atoms with E-state index >= 15 is 0 Å². The van der Waals surface area contributed by atoms with Crippen LogP contribution in [0.1, 0.15) is 11.1 Å². The summed E-state index contributed by atoms with van der Waals surface area (Å²) in [5.74, 6) is 0.846. The Hall–Kier alpha value is -2.64. The Kier molecular flexibility index (Phi) is 7.06. The highest BCUT2D eigenvalue weighted by molar-refractivity contribution is 7.80. The van der Waals surface area contributed by atoms with Crippen molar-refractivity contribution in [3.05, 3.63) is 53.6 Å². The van der Waals surface area contributed by atoms with E-state index in [0.717, 1.165) is 48.0 Å². The maximum atomic E-state index is 12.2. The van der Waals surface area contributed by atoms with E-state index in [-0.39, 0.29) is 12.5 Å². The molecule has 1 amide bonds. The molecule has 0 aromatic heterocycles. The molecule has 0 atom stereocenters. The van der Waals surface area contributed by atoms with Crippen molar-refractivity contribution in [1.82, 2.24) is 9.80 Å². The molecular weight excluding hydrogens is 386 g/mol. The lowest BCUT2D eigenvalue weighted by Crippen LogP contribution is -2.46. The number of para-hydroxylation sites is 1. The number of likely N-dealkylation sites (N-methyl/N-ethyl adjacent to an activating group) is 1. The summed E-state index contributed by atoms with van der Waals surface area (Å²) >= 11 is 5.67. The Balaban J connectivity index is 1.62. The van der Waals surface area contributed by atoms with Crippen molar-refractivity contribution in [1.29, 1.82) is 0 Å². The number of nitrogens with zero attached hydrogens (tertiary/aromatic N) is 2. The van der Waals surface area contributed by atoms with Crippen LogP contribution in [0, 0.1) is 6.92 Å². The molecule has 2 aromatic rings. The quantitative estimate of drug-likeness (QED) is 0.735. The van der Waals surface area contributed by atoms with E-state index in [9.17, 15) is 4.79 Å². The first-order valence-corrected chi connectivity index (χ1v) is 10.0. The maximum Gasteiger partial charge on any atom is 0.262 e. The van der Waals surface area contributed by atoms with Gasteiger partial charge in [-0.1, -0.05) is 30.4 Å². The van der Waals surface area contributed by atoms with E-state index in [4.69, 9.17) is 21.7 Å². The second-order valence-corrected chi connectivity index (χ2v) is 7.50. The van der Waals surface area contributed by atoms with Crippen molar-refractivity contribution in [2.24, 2.45) is 0 Å². The predicted molar refractivity (Wildman–Crippen MR) is 119 cm³/mol. The number of carbonyl (C=O) groups is 1. The van der Waals surface area contributed by atoms with Crippen LogP contribution in [0.25, 0.3) is 0 Å². The molecule has 0 bridgehead atoms. The number of nitrogens with one attached hydrogen (secondary N) is 1. The number of piperazine rings is 1. The third kappa shape index (κ3) is 5.46. The average Bonchev–Trinajstić information content (AvgIpc) is 2.74. The summed E-state index contributed by atoms with van der Waals surface area (Å²) < 4.78 is 11.2. The molecular formula is C22H27N3O3S. The van der Waals surface area contributed by atoms with Gasteiger partial charge in [0.1, 0.15) is 4.99 Å². The fourth-order valence-electron chi connectivity index (χ4n) is 3.15. The third-order valence-corrected chi connectivity index (χ3v) is 5.47. The molecule has 0 radical (unpaired) electrons. The van der Waals surface area contributed by atoms with Crippen LogP contribution in [0.4, 0.5) is 5.69 Å². The lowest BCUT2D eigenvalue weighted by Gasteiger charge is -2.34. The number of thiocarbonyl (C=S) groups is 1. The normalized spacial score (nSPS) is 14.4. The Morgan fingerprint density at radius 3 is 2.52 bits per heavy atom. The molecule has 0 spiro atoms. The Morgan fingerprint density at radius 2 is 1.83 bits per heavy atom. The van der Waals surface area contributed by atoms with Gasteiger partial charge in [-0.25, -0.2) is 0 Å². The van der Waals surface area contributed by atoms with Crippen LogP contribution in [0.15, 0.2) is 42.5 Å². The number of benzene rings is 2. The summed E-state index contributed by atoms with van der Waals surface area (Å²) in [6, 6.07) is 13.2. The van der Waals surface area contributed by atoms with Crippen molar-refractivity contribution in [3.8, 4) is 11.5 Å². The molecule has 154 valence electrons. The molecule has 1 heterocycles. The van der Waals surface area contributed by atoms with Crippen molar-refractivity contribution in [2.75, 3.05) is 52.3 Å². The minimum atomic E-state index is -0.224. The molecule has 0 unspecified atom stereocenters. The zero-order chi connectivity index (χ0) is 20.8. The molecule has 1 aliphatic rings. The zero-order valence-electron chi connectivity index (χ0n) is 17.1. The van der Waals surface area contributed by atoms with Gasteiger partial charge in [-0.15, -0.1) is 0 Å². The largest absolute Gasteiger partial charge is 0.493 e. The first kappa shape index (κ1) is 21.1. The SMILES string of the molecule is COc1cc(C(=S)N2CCN(C)CC2)ccc1OCC(=O)Nc1ccccc1C. The van der Waals surface area contributed by atoms with Gasteiger partial charge in [-0.2, -0.15) is 0 Å². The van der Waals surface area contributed by atoms with Crippen LogP contribution >= 0.6 is 12.2 Å². The number of methoxy groups -OCH3 is 1. The van der Waals surface area contributed by atoms with E-state index in [1.165, 1.54) is 0 Å². The van der Waals surface area contributed by atoms with Gasteiger partial charge in [0.25, 0.3) is 5.91 Å². The van der Waals surface area contributed by atoms with Crippen molar-refractivity contribution in [3.63, 3.8) is 0 Å². The molecule has 1 saturated heterocycles. The van der Waals surface area contributed by atoms with Gasteiger partial charge >= 0.3 is 0 Å². The summed E-state index contributed by atoms with van der Waals surface area (Å²) in [4.78, 5) is 17.5. The molecule has 1 fully saturated rings. The average molecular weight is 414 g/mol. The van der Waals surface area contributed by atoms with E-state index in [1.807, 2.05) is 43.3 Å². The van der Waals surface area contributed by atoms with Gasteiger partial charge in [-0.05, 0) is 43.8 Å². The molecule has 1 aliphatic heterocycles. The molecule has 3 rings (SSSR count). The van der Waals surface area contributed by atoms with Crippen molar-refractivity contribution in [2.45, 2.75) is 6.92 Å². The smallest absolute Gasteiger partial charge is 0.262 e. The lowest BCUT2D eigenvalue weighted by molar-refractivity contribution is -0.118. The van der Waals surface area contributed by atoms with Crippen LogP contribution in [0.3, 0.4) is 0 Å². The van der Waals surface area contributed by atoms with E-state index < -0.39 is 0 Å². The number of hydrogen-bond donors (Lipinski definition) is 1. The monoisotopic (exact) mass is 413 g/mol. The minimum absolute atomic E-state index is 0.104. The first-order valence-electron chi connectivity index (χ1n) is 9.62. The van der Waals surface area contributed by atoms with Gasteiger partial charge in [0, 0.05) is 37.4 Å². The zero-order valence-corrected chi connectivity index (χ0v) is 17.9. The number of carbonyl (C=O) groups excluding carboxylic acids is 1. The second kappa shape index (κ2) is 9.71. The molecule has 2 aromatic carbocycles. The topological polar surface area (TPSA) is 54.0 Å². The van der Waals surface area contributed by atoms with Gasteiger partial charge in [0.2, 0.25) is 0 Å². The second-order valence-electron chi connectivity index (χ2n) is 7.11. The van der Waals surface area contributed by atoms with Crippen LogP contribution in [0.5, 0.6) is 11.5 Å². The molecule has 0 aliphatic carbocycles. The van der Waals surface area contributed by atoms with Crippen LogP contribution in [-0.2, 0) is 4.79 Å². The van der Waals surface area contributed by atoms with Crippen LogP contribution < -0.4 is 14.8 Å². The van der Waals surface area contributed by atoms with E-state index in [0.29, 0.717) is 11.5 Å². The number of amides is 1.